The lowest BCUT2D eigenvalue weighted by molar-refractivity contribution is -0.143. The molecule has 0 saturated heterocycles. The van der Waals surface area contributed by atoms with Crippen LogP contribution in [0.15, 0.2) is 82.7 Å². The van der Waals surface area contributed by atoms with E-state index in [0.29, 0.717) is 4.80 Å². The molecule has 0 bridgehead atoms. The molecule has 0 aliphatic heterocycles. The number of hydrogen-bond donors (Lipinski definition) is 1. The van der Waals surface area contributed by atoms with E-state index in [0.717, 1.165) is 22.2 Å². The van der Waals surface area contributed by atoms with Gasteiger partial charge in [-0.3, -0.25) is 14.3 Å². The van der Waals surface area contributed by atoms with E-state index in [-0.39, 0.29) is 29.3 Å². The number of anilines is 1. The second-order valence-corrected chi connectivity index (χ2v) is 10.5. The number of carbonyl (C=O) groups excluding carboxylic acids is 2. The van der Waals surface area contributed by atoms with Crippen molar-refractivity contribution < 1.29 is 22.7 Å². The van der Waals surface area contributed by atoms with Crippen LogP contribution in [0.5, 0.6) is 0 Å². The van der Waals surface area contributed by atoms with Gasteiger partial charge in [0.25, 0.3) is 15.9 Å². The summed E-state index contributed by atoms with van der Waals surface area (Å²) in [7, 11) is -3.81. The summed E-state index contributed by atoms with van der Waals surface area (Å²) in [6.45, 7) is 3.95. The topological polar surface area (TPSA) is 107 Å². The lowest BCUT2D eigenvalue weighted by atomic mass is 10.2. The van der Waals surface area contributed by atoms with Gasteiger partial charge in [-0.25, -0.2) is 8.42 Å². The van der Waals surface area contributed by atoms with E-state index in [9.17, 15) is 18.0 Å². The van der Waals surface area contributed by atoms with Crippen LogP contribution in [-0.4, -0.2) is 31.5 Å². The Morgan fingerprint density at radius 2 is 1.78 bits per heavy atom. The third-order valence-corrected chi connectivity index (χ3v) is 7.80. The van der Waals surface area contributed by atoms with Crippen LogP contribution < -0.4 is 9.52 Å². The van der Waals surface area contributed by atoms with Gasteiger partial charge < -0.3 is 9.30 Å². The standard InChI is InChI=1S/C26H25N3O5S2/c1-3-18-13-14-22-23(15-18)35-26(29(22)17-24(30)34-4-2)27-25(31)19-9-8-10-20(16-19)28-36(32,33)21-11-6-5-7-12-21/h5-16,28H,3-4,17H2,1-2H3. The van der Waals surface area contributed by atoms with Gasteiger partial charge in [0.15, 0.2) is 4.80 Å². The van der Waals surface area contributed by atoms with E-state index >= 15 is 0 Å². The number of sulfonamides is 1. The van der Waals surface area contributed by atoms with Gasteiger partial charge in [0.05, 0.1) is 21.7 Å². The first-order valence-electron chi connectivity index (χ1n) is 11.4. The van der Waals surface area contributed by atoms with Crippen molar-refractivity contribution in [2.24, 2.45) is 4.99 Å². The fourth-order valence-electron chi connectivity index (χ4n) is 3.59. The molecule has 186 valence electrons. The molecule has 1 aromatic heterocycles. The molecule has 8 nitrogen and oxygen atoms in total. The highest BCUT2D eigenvalue weighted by Gasteiger charge is 2.16. The number of nitrogens with one attached hydrogen (secondary N) is 1. The zero-order chi connectivity index (χ0) is 25.7. The van der Waals surface area contributed by atoms with Crippen molar-refractivity contribution in [2.45, 2.75) is 31.7 Å². The monoisotopic (exact) mass is 523 g/mol. The Kier molecular flexibility index (Phi) is 7.66. The second kappa shape index (κ2) is 10.9. The molecule has 1 amide bonds. The van der Waals surface area contributed by atoms with E-state index in [1.165, 1.54) is 29.5 Å². The van der Waals surface area contributed by atoms with Crippen molar-refractivity contribution >= 4 is 49.1 Å². The van der Waals surface area contributed by atoms with E-state index in [1.807, 2.05) is 18.2 Å². The summed E-state index contributed by atoms with van der Waals surface area (Å²) in [4.78, 5) is 30.1. The molecule has 4 rings (SSSR count). The lowest BCUT2D eigenvalue weighted by Crippen LogP contribution is -2.23. The quantitative estimate of drug-likeness (QED) is 0.345. The largest absolute Gasteiger partial charge is 0.465 e. The first-order chi connectivity index (χ1) is 17.3. The molecule has 0 aliphatic carbocycles. The first-order valence-corrected chi connectivity index (χ1v) is 13.7. The average molecular weight is 524 g/mol. The number of aromatic nitrogens is 1. The molecule has 10 heteroatoms. The van der Waals surface area contributed by atoms with Gasteiger partial charge in [0, 0.05) is 11.3 Å². The van der Waals surface area contributed by atoms with Gasteiger partial charge in [-0.1, -0.05) is 48.6 Å². The molecule has 3 aromatic carbocycles. The Balaban J connectivity index is 1.70. The SMILES string of the molecule is CCOC(=O)Cn1c(=NC(=O)c2cccc(NS(=O)(=O)c3ccccc3)c2)sc2cc(CC)ccc21. The lowest BCUT2D eigenvalue weighted by Gasteiger charge is -2.08. The molecule has 0 saturated carbocycles. The first kappa shape index (κ1) is 25.3. The van der Waals surface area contributed by atoms with Crippen LogP contribution in [0, 0.1) is 0 Å². The van der Waals surface area contributed by atoms with Crippen molar-refractivity contribution in [2.75, 3.05) is 11.3 Å². The highest BCUT2D eigenvalue weighted by atomic mass is 32.2. The second-order valence-electron chi connectivity index (χ2n) is 7.85. The van der Waals surface area contributed by atoms with Crippen molar-refractivity contribution in [1.29, 1.82) is 0 Å². The molecule has 36 heavy (non-hydrogen) atoms. The number of nitrogens with zero attached hydrogens (tertiary/aromatic N) is 2. The number of rotatable bonds is 8. The smallest absolute Gasteiger partial charge is 0.326 e. The van der Waals surface area contributed by atoms with Crippen molar-refractivity contribution in [3.8, 4) is 0 Å². The maximum Gasteiger partial charge on any atom is 0.326 e. The highest BCUT2D eigenvalue weighted by molar-refractivity contribution is 7.92. The van der Waals surface area contributed by atoms with Crippen LogP contribution in [0.4, 0.5) is 5.69 Å². The third kappa shape index (κ3) is 5.72. The van der Waals surface area contributed by atoms with Gasteiger partial charge >= 0.3 is 5.97 Å². The Morgan fingerprint density at radius 3 is 2.50 bits per heavy atom. The number of carbonyl (C=O) groups is 2. The highest BCUT2D eigenvalue weighted by Crippen LogP contribution is 2.21. The summed E-state index contributed by atoms with van der Waals surface area (Å²) in [5.74, 6) is -0.987. The van der Waals surface area contributed by atoms with Gasteiger partial charge in [-0.05, 0) is 61.4 Å². The van der Waals surface area contributed by atoms with Crippen molar-refractivity contribution in [3.63, 3.8) is 0 Å². The maximum absolute atomic E-state index is 13.1. The minimum atomic E-state index is -3.81. The van der Waals surface area contributed by atoms with Gasteiger partial charge in [0.2, 0.25) is 0 Å². The molecule has 1 N–H and O–H groups in total. The average Bonchev–Trinajstić information content (AvgIpc) is 3.20. The Hall–Kier alpha value is -3.76. The number of benzene rings is 3. The Morgan fingerprint density at radius 1 is 1.00 bits per heavy atom. The molecular weight excluding hydrogens is 498 g/mol. The van der Waals surface area contributed by atoms with Gasteiger partial charge in [-0.2, -0.15) is 4.99 Å². The summed E-state index contributed by atoms with van der Waals surface area (Å²) in [5, 5.41) is 0. The molecular formula is C26H25N3O5S2. The Bertz CT molecular complexity index is 1590. The van der Waals surface area contributed by atoms with Crippen LogP contribution in [-0.2, 0) is 32.5 Å². The van der Waals surface area contributed by atoms with E-state index in [4.69, 9.17) is 4.74 Å². The number of hydrogen-bond acceptors (Lipinski definition) is 6. The zero-order valence-corrected chi connectivity index (χ0v) is 21.4. The summed E-state index contributed by atoms with van der Waals surface area (Å²) in [5.41, 5.74) is 2.35. The molecule has 0 fully saturated rings. The predicted octanol–water partition coefficient (Wildman–Crippen LogP) is 4.37. The van der Waals surface area contributed by atoms with Crippen molar-refractivity contribution in [1.82, 2.24) is 4.57 Å². The number of fused-ring (bicyclic) bond motifs is 1. The summed E-state index contributed by atoms with van der Waals surface area (Å²) < 4.78 is 35.5. The van der Waals surface area contributed by atoms with E-state index < -0.39 is 21.9 Å². The van der Waals surface area contributed by atoms with E-state index in [2.05, 4.69) is 16.6 Å². The van der Waals surface area contributed by atoms with Crippen LogP contribution in [0.3, 0.4) is 0 Å². The molecule has 4 aromatic rings. The number of ether oxygens (including phenoxy) is 1. The zero-order valence-electron chi connectivity index (χ0n) is 19.8. The van der Waals surface area contributed by atoms with Crippen LogP contribution in [0.2, 0.25) is 0 Å². The maximum atomic E-state index is 13.1. The van der Waals surface area contributed by atoms with Gasteiger partial charge in [-0.15, -0.1) is 0 Å². The number of aryl methyl sites for hydroxylation is 1. The molecule has 0 radical (unpaired) electrons. The van der Waals surface area contributed by atoms with E-state index in [1.54, 1.807) is 47.9 Å². The fourth-order valence-corrected chi connectivity index (χ4v) is 5.75. The van der Waals surface area contributed by atoms with Crippen LogP contribution >= 0.6 is 11.3 Å². The molecule has 0 aliphatic rings. The fraction of sp³-hybridized carbons (Fsp3) is 0.192. The Labute approximate surface area is 212 Å². The predicted molar refractivity (Wildman–Crippen MR) is 139 cm³/mol. The van der Waals surface area contributed by atoms with Gasteiger partial charge in [0.1, 0.15) is 6.54 Å². The summed E-state index contributed by atoms with van der Waals surface area (Å²) >= 11 is 1.30. The third-order valence-electron chi connectivity index (χ3n) is 5.36. The summed E-state index contributed by atoms with van der Waals surface area (Å²) in [6, 6.07) is 20.0. The van der Waals surface area contributed by atoms with Crippen LogP contribution in [0.1, 0.15) is 29.8 Å². The molecule has 1 heterocycles. The normalized spacial score (nSPS) is 12.0. The number of thiazole rings is 1. The minimum absolute atomic E-state index is 0.0810. The van der Waals surface area contributed by atoms with Crippen molar-refractivity contribution in [3.05, 3.63) is 88.7 Å². The molecule has 0 atom stereocenters. The molecule has 0 spiro atoms. The molecule has 0 unspecified atom stereocenters. The minimum Gasteiger partial charge on any atom is -0.465 e. The van der Waals surface area contributed by atoms with Crippen LogP contribution in [0.25, 0.3) is 10.2 Å². The summed E-state index contributed by atoms with van der Waals surface area (Å²) in [6.07, 6.45) is 0.850. The number of amides is 1. The number of esters is 1.